The summed E-state index contributed by atoms with van der Waals surface area (Å²) in [5, 5.41) is 6.90. The summed E-state index contributed by atoms with van der Waals surface area (Å²) in [6.07, 6.45) is -0.0392. The third-order valence-electron chi connectivity index (χ3n) is 5.00. The van der Waals surface area contributed by atoms with Crippen molar-refractivity contribution in [1.82, 2.24) is 14.8 Å². The van der Waals surface area contributed by atoms with E-state index in [0.717, 1.165) is 17.7 Å². The van der Waals surface area contributed by atoms with Crippen molar-refractivity contribution in [2.45, 2.75) is 26.1 Å². The molecular weight excluding hydrogens is 443 g/mol. The molecule has 2 amide bonds. The van der Waals surface area contributed by atoms with Crippen LogP contribution >= 0.6 is 13.5 Å². The van der Waals surface area contributed by atoms with Gasteiger partial charge in [-0.05, 0) is 49.7 Å². The summed E-state index contributed by atoms with van der Waals surface area (Å²) in [6.45, 7) is 3.86. The largest absolute Gasteiger partial charge is 0.416 e. The molecule has 1 atom stereocenters. The number of pyridine rings is 1. The second-order valence-corrected chi connectivity index (χ2v) is 7.37. The SMILES string of the molecule is Cc1cncc(C(=O)Nc2cnn3c2C(=O)N(c2ccc(C(F)(F)F)cc2)C[C@@H]3C)c1.S. The molecule has 0 spiro atoms. The number of carbonyl (C=O) groups excluding carboxylic acids is 2. The lowest BCUT2D eigenvalue weighted by Crippen LogP contribution is -2.43. The highest BCUT2D eigenvalue weighted by Gasteiger charge is 2.35. The van der Waals surface area contributed by atoms with Crippen LogP contribution in [0.3, 0.4) is 0 Å². The number of aromatic nitrogens is 3. The Bertz CT molecular complexity index is 1160. The van der Waals surface area contributed by atoms with Crippen LogP contribution in [0.25, 0.3) is 0 Å². The van der Waals surface area contributed by atoms with E-state index in [-0.39, 0.29) is 37.5 Å². The van der Waals surface area contributed by atoms with E-state index >= 15 is 0 Å². The zero-order valence-electron chi connectivity index (χ0n) is 17.1. The molecule has 3 heterocycles. The van der Waals surface area contributed by atoms with Crippen molar-refractivity contribution >= 4 is 36.7 Å². The normalized spacial score (nSPS) is 15.7. The number of rotatable bonds is 3. The Morgan fingerprint density at radius 2 is 1.84 bits per heavy atom. The van der Waals surface area contributed by atoms with Crippen molar-refractivity contribution in [1.29, 1.82) is 0 Å². The summed E-state index contributed by atoms with van der Waals surface area (Å²) < 4.78 is 40.1. The Labute approximate surface area is 188 Å². The highest BCUT2D eigenvalue weighted by atomic mass is 32.1. The lowest BCUT2D eigenvalue weighted by molar-refractivity contribution is -0.137. The van der Waals surface area contributed by atoms with E-state index < -0.39 is 23.6 Å². The van der Waals surface area contributed by atoms with Crippen LogP contribution in [0.4, 0.5) is 24.5 Å². The first kappa shape index (κ1) is 23.3. The fourth-order valence-corrected chi connectivity index (χ4v) is 3.48. The molecule has 1 N–H and O–H groups in total. The van der Waals surface area contributed by atoms with Gasteiger partial charge in [-0.25, -0.2) is 0 Å². The minimum Gasteiger partial charge on any atom is -0.319 e. The van der Waals surface area contributed by atoms with Crippen LogP contribution < -0.4 is 10.2 Å². The summed E-state index contributed by atoms with van der Waals surface area (Å²) in [5.41, 5.74) is 1.06. The van der Waals surface area contributed by atoms with Crippen LogP contribution in [0.2, 0.25) is 0 Å². The second-order valence-electron chi connectivity index (χ2n) is 7.37. The first-order valence-electron chi connectivity index (χ1n) is 9.45. The molecule has 0 saturated heterocycles. The molecule has 0 unspecified atom stereocenters. The topological polar surface area (TPSA) is 80.1 Å². The third-order valence-corrected chi connectivity index (χ3v) is 5.00. The van der Waals surface area contributed by atoms with Crippen LogP contribution in [-0.4, -0.2) is 33.1 Å². The number of aryl methyl sites for hydroxylation is 1. The maximum Gasteiger partial charge on any atom is 0.416 e. The Hall–Kier alpha value is -3.34. The van der Waals surface area contributed by atoms with Gasteiger partial charge in [0.1, 0.15) is 0 Å². The number of benzene rings is 1. The predicted octanol–water partition coefficient (Wildman–Crippen LogP) is 4.19. The molecule has 32 heavy (non-hydrogen) atoms. The number of anilines is 2. The Balaban J connectivity index is 0.00000289. The van der Waals surface area contributed by atoms with Crippen LogP contribution in [0.1, 0.15) is 44.9 Å². The van der Waals surface area contributed by atoms with Crippen molar-refractivity contribution in [2.24, 2.45) is 0 Å². The van der Waals surface area contributed by atoms with Crippen molar-refractivity contribution in [3.63, 3.8) is 0 Å². The first-order chi connectivity index (χ1) is 14.6. The van der Waals surface area contributed by atoms with Gasteiger partial charge < -0.3 is 10.2 Å². The van der Waals surface area contributed by atoms with Crippen LogP contribution in [0.5, 0.6) is 0 Å². The van der Waals surface area contributed by atoms with Gasteiger partial charge in [-0.15, -0.1) is 0 Å². The number of alkyl halides is 3. The van der Waals surface area contributed by atoms with Gasteiger partial charge >= 0.3 is 6.18 Å². The van der Waals surface area contributed by atoms with E-state index in [4.69, 9.17) is 0 Å². The summed E-state index contributed by atoms with van der Waals surface area (Å²) >= 11 is 0. The first-order valence-corrected chi connectivity index (χ1v) is 9.45. The predicted molar refractivity (Wildman–Crippen MR) is 117 cm³/mol. The maximum absolute atomic E-state index is 13.2. The van der Waals surface area contributed by atoms with Gasteiger partial charge in [0.05, 0.1) is 29.1 Å². The average Bonchev–Trinajstić information content (AvgIpc) is 3.14. The van der Waals surface area contributed by atoms with E-state index in [9.17, 15) is 22.8 Å². The van der Waals surface area contributed by atoms with Gasteiger partial charge in [-0.3, -0.25) is 19.3 Å². The van der Waals surface area contributed by atoms with Crippen molar-refractivity contribution in [3.8, 4) is 0 Å². The number of halogens is 3. The monoisotopic (exact) mass is 463 g/mol. The summed E-state index contributed by atoms with van der Waals surface area (Å²) in [5.74, 6) is -0.910. The molecule has 1 aromatic carbocycles. The Morgan fingerprint density at radius 1 is 1.16 bits per heavy atom. The number of nitrogens with one attached hydrogen (secondary N) is 1. The van der Waals surface area contributed by atoms with E-state index in [0.29, 0.717) is 11.3 Å². The van der Waals surface area contributed by atoms with Crippen molar-refractivity contribution in [2.75, 3.05) is 16.8 Å². The lowest BCUT2D eigenvalue weighted by atomic mass is 10.1. The second kappa shape index (κ2) is 8.65. The molecule has 7 nitrogen and oxygen atoms in total. The highest BCUT2D eigenvalue weighted by molar-refractivity contribution is 7.59. The zero-order valence-corrected chi connectivity index (χ0v) is 18.1. The fraction of sp³-hybridized carbons (Fsp3) is 0.238. The van der Waals surface area contributed by atoms with E-state index in [1.165, 1.54) is 34.1 Å². The van der Waals surface area contributed by atoms with Crippen LogP contribution in [0.15, 0.2) is 48.9 Å². The minimum absolute atomic E-state index is 0. The molecule has 0 saturated carbocycles. The number of nitrogens with zero attached hydrogens (tertiary/aromatic N) is 4. The third kappa shape index (κ3) is 4.33. The number of carbonyl (C=O) groups is 2. The molecule has 1 aliphatic rings. The van der Waals surface area contributed by atoms with Crippen LogP contribution in [0, 0.1) is 6.92 Å². The molecule has 11 heteroatoms. The average molecular weight is 463 g/mol. The van der Waals surface area contributed by atoms with E-state index in [1.807, 2.05) is 6.92 Å². The standard InChI is InChI=1S/C21H18F3N5O2.H2S/c1-12-7-14(9-25-8-12)19(30)27-17-10-26-29-13(2)11-28(20(31)18(17)29)16-5-3-15(4-6-16)21(22,23)24;/h3-10,13H,11H2,1-2H3,(H,27,30);1H2/t13-;/m0./s1. The van der Waals surface area contributed by atoms with Gasteiger partial charge in [0.15, 0.2) is 5.69 Å². The van der Waals surface area contributed by atoms with Gasteiger partial charge in [0.2, 0.25) is 0 Å². The number of hydrogen-bond acceptors (Lipinski definition) is 4. The Kier molecular flexibility index (Phi) is 6.31. The van der Waals surface area contributed by atoms with Gasteiger partial charge in [0.25, 0.3) is 11.8 Å². The van der Waals surface area contributed by atoms with Gasteiger partial charge in [-0.1, -0.05) is 0 Å². The minimum atomic E-state index is -4.46. The molecule has 0 radical (unpaired) electrons. The van der Waals surface area contributed by atoms with E-state index in [1.54, 1.807) is 19.2 Å². The number of fused-ring (bicyclic) bond motifs is 1. The number of amides is 2. The molecule has 0 aliphatic carbocycles. The zero-order chi connectivity index (χ0) is 22.3. The highest BCUT2D eigenvalue weighted by Crippen LogP contribution is 2.33. The smallest absolute Gasteiger partial charge is 0.319 e. The molecule has 168 valence electrons. The van der Waals surface area contributed by atoms with Gasteiger partial charge in [-0.2, -0.15) is 31.8 Å². The van der Waals surface area contributed by atoms with Gasteiger partial charge in [0, 0.05) is 24.6 Å². The number of hydrogen-bond donors (Lipinski definition) is 1. The van der Waals surface area contributed by atoms with Crippen molar-refractivity contribution in [3.05, 3.63) is 71.3 Å². The quantitative estimate of drug-likeness (QED) is 0.632. The maximum atomic E-state index is 13.2. The Morgan fingerprint density at radius 3 is 2.47 bits per heavy atom. The molecule has 0 fully saturated rings. The summed E-state index contributed by atoms with van der Waals surface area (Å²) in [4.78, 5) is 31.1. The summed E-state index contributed by atoms with van der Waals surface area (Å²) in [7, 11) is 0. The lowest BCUT2D eigenvalue weighted by Gasteiger charge is -2.32. The fourth-order valence-electron chi connectivity index (χ4n) is 3.48. The molecular formula is C21H20F3N5O2S. The molecule has 4 rings (SSSR count). The molecule has 2 aromatic heterocycles. The van der Waals surface area contributed by atoms with Crippen molar-refractivity contribution < 1.29 is 22.8 Å². The molecule has 1 aliphatic heterocycles. The summed E-state index contributed by atoms with van der Waals surface area (Å²) in [6, 6.07) is 5.81. The molecule has 3 aromatic rings. The molecule has 0 bridgehead atoms. The van der Waals surface area contributed by atoms with Crippen LogP contribution in [-0.2, 0) is 6.18 Å². The van der Waals surface area contributed by atoms with E-state index in [2.05, 4.69) is 15.4 Å².